The molecule has 1 atom stereocenters. The van der Waals surface area contributed by atoms with E-state index in [1.54, 1.807) is 4.68 Å². The predicted molar refractivity (Wildman–Crippen MR) is 74.8 cm³/mol. The van der Waals surface area contributed by atoms with Crippen LogP contribution in [0.2, 0.25) is 0 Å². The van der Waals surface area contributed by atoms with Crippen LogP contribution in [-0.4, -0.2) is 49.3 Å². The normalized spacial score (nSPS) is 19.5. The van der Waals surface area contributed by atoms with E-state index in [1.165, 1.54) is 0 Å². The highest BCUT2D eigenvalue weighted by atomic mass is 16.4. The molecular weight excluding hydrogens is 270 g/mol. The maximum atomic E-state index is 11.1. The molecule has 1 aromatic carbocycles. The van der Waals surface area contributed by atoms with Gasteiger partial charge in [0.15, 0.2) is 5.82 Å². The van der Waals surface area contributed by atoms with Crippen LogP contribution in [0.15, 0.2) is 30.3 Å². The van der Waals surface area contributed by atoms with Gasteiger partial charge >= 0.3 is 5.97 Å². The Balaban J connectivity index is 1.74. The number of hydrogen-bond donors (Lipinski definition) is 1. The average Bonchev–Trinajstić information content (AvgIpc) is 2.96. The lowest BCUT2D eigenvalue weighted by molar-refractivity contribution is -0.143. The molecule has 1 aliphatic heterocycles. The third-order valence-electron chi connectivity index (χ3n) is 3.75. The fourth-order valence-electron chi connectivity index (χ4n) is 2.67. The smallest absolute Gasteiger partial charge is 0.307 e. The minimum atomic E-state index is -0.720. The van der Waals surface area contributed by atoms with Gasteiger partial charge in [-0.1, -0.05) is 18.2 Å². The Hall–Kier alpha value is -2.28. The van der Waals surface area contributed by atoms with Crippen LogP contribution in [0.5, 0.6) is 0 Å². The molecular formula is C14H17N5O2. The van der Waals surface area contributed by atoms with Crippen LogP contribution >= 0.6 is 0 Å². The van der Waals surface area contributed by atoms with E-state index in [-0.39, 0.29) is 5.92 Å². The van der Waals surface area contributed by atoms with Gasteiger partial charge in [0.2, 0.25) is 0 Å². The van der Waals surface area contributed by atoms with E-state index >= 15 is 0 Å². The fraction of sp³-hybridized carbons (Fsp3) is 0.429. The summed E-state index contributed by atoms with van der Waals surface area (Å²) in [5.41, 5.74) is 0.907. The Labute approximate surface area is 122 Å². The standard InChI is InChI=1S/C14H17N5O2/c20-14(21)11-5-4-8-18(9-11)10-13-15-16-17-19(13)12-6-2-1-3-7-12/h1-3,6-7,11H,4-5,8-10H2,(H,20,21). The first-order chi connectivity index (χ1) is 10.2. The van der Waals surface area contributed by atoms with Crippen LogP contribution in [0.25, 0.3) is 5.69 Å². The van der Waals surface area contributed by atoms with Gasteiger partial charge in [-0.25, -0.2) is 0 Å². The minimum Gasteiger partial charge on any atom is -0.481 e. The molecule has 7 heteroatoms. The van der Waals surface area contributed by atoms with Crippen LogP contribution < -0.4 is 0 Å². The second-order valence-electron chi connectivity index (χ2n) is 5.25. The van der Waals surface area contributed by atoms with Gasteiger partial charge in [-0.15, -0.1) is 5.10 Å². The summed E-state index contributed by atoms with van der Waals surface area (Å²) in [5, 5.41) is 21.0. The molecule has 1 unspecified atom stereocenters. The lowest BCUT2D eigenvalue weighted by atomic mass is 9.98. The first kappa shape index (κ1) is 13.7. The molecule has 0 amide bonds. The molecule has 1 fully saturated rings. The van der Waals surface area contributed by atoms with Crippen LogP contribution in [0, 0.1) is 5.92 Å². The molecule has 2 aromatic rings. The second-order valence-corrected chi connectivity index (χ2v) is 5.25. The van der Waals surface area contributed by atoms with Gasteiger partial charge in [0.1, 0.15) is 0 Å². The van der Waals surface area contributed by atoms with Crippen molar-refractivity contribution in [3.63, 3.8) is 0 Å². The number of aliphatic carboxylic acids is 1. The molecule has 110 valence electrons. The Morgan fingerprint density at radius 1 is 1.33 bits per heavy atom. The largest absolute Gasteiger partial charge is 0.481 e. The number of piperidine rings is 1. The van der Waals surface area contributed by atoms with E-state index in [0.29, 0.717) is 13.1 Å². The van der Waals surface area contributed by atoms with Crippen LogP contribution in [-0.2, 0) is 11.3 Å². The number of benzene rings is 1. The van der Waals surface area contributed by atoms with Crippen molar-refractivity contribution in [1.29, 1.82) is 0 Å². The summed E-state index contributed by atoms with van der Waals surface area (Å²) in [7, 11) is 0. The molecule has 3 rings (SSSR count). The Morgan fingerprint density at radius 3 is 2.90 bits per heavy atom. The summed E-state index contributed by atoms with van der Waals surface area (Å²) in [6.45, 7) is 1.99. The summed E-state index contributed by atoms with van der Waals surface area (Å²) in [6, 6.07) is 9.69. The summed E-state index contributed by atoms with van der Waals surface area (Å²) < 4.78 is 1.70. The van der Waals surface area contributed by atoms with E-state index in [1.807, 2.05) is 30.3 Å². The Kier molecular flexibility index (Phi) is 3.92. The number of para-hydroxylation sites is 1. The molecule has 1 aromatic heterocycles. The third-order valence-corrected chi connectivity index (χ3v) is 3.75. The Morgan fingerprint density at radius 2 is 2.14 bits per heavy atom. The molecule has 0 spiro atoms. The van der Waals surface area contributed by atoms with Crippen LogP contribution in [0.3, 0.4) is 0 Å². The zero-order valence-corrected chi connectivity index (χ0v) is 11.6. The molecule has 7 nitrogen and oxygen atoms in total. The third kappa shape index (κ3) is 3.08. The average molecular weight is 287 g/mol. The zero-order chi connectivity index (χ0) is 14.7. The molecule has 1 saturated heterocycles. The van der Waals surface area contributed by atoms with Crippen molar-refractivity contribution in [2.45, 2.75) is 19.4 Å². The van der Waals surface area contributed by atoms with Crippen LogP contribution in [0.1, 0.15) is 18.7 Å². The summed E-state index contributed by atoms with van der Waals surface area (Å²) in [6.07, 6.45) is 1.64. The van der Waals surface area contributed by atoms with Crippen molar-refractivity contribution < 1.29 is 9.90 Å². The highest BCUT2D eigenvalue weighted by molar-refractivity contribution is 5.70. The molecule has 1 N–H and O–H groups in total. The maximum Gasteiger partial charge on any atom is 0.307 e. The number of carbonyl (C=O) groups is 1. The number of hydrogen-bond acceptors (Lipinski definition) is 5. The number of carboxylic acid groups (broad SMARTS) is 1. The SMILES string of the molecule is O=C(O)C1CCCN(Cc2nnnn2-c2ccccc2)C1. The first-order valence-corrected chi connectivity index (χ1v) is 7.02. The lowest BCUT2D eigenvalue weighted by Gasteiger charge is -2.29. The number of carboxylic acids is 1. The molecule has 0 radical (unpaired) electrons. The summed E-state index contributed by atoms with van der Waals surface area (Å²) >= 11 is 0. The predicted octanol–water partition coefficient (Wildman–Crippen LogP) is 0.959. The second kappa shape index (κ2) is 6.01. The van der Waals surface area contributed by atoms with Crippen molar-refractivity contribution in [2.75, 3.05) is 13.1 Å². The summed E-state index contributed by atoms with van der Waals surface area (Å²) in [4.78, 5) is 13.2. The molecule has 0 aliphatic carbocycles. The van der Waals surface area contributed by atoms with Gasteiger partial charge < -0.3 is 5.11 Å². The van der Waals surface area contributed by atoms with Gasteiger partial charge in [-0.3, -0.25) is 9.69 Å². The van der Waals surface area contributed by atoms with Gasteiger partial charge in [0, 0.05) is 6.54 Å². The zero-order valence-electron chi connectivity index (χ0n) is 11.6. The van der Waals surface area contributed by atoms with E-state index in [4.69, 9.17) is 5.11 Å². The first-order valence-electron chi connectivity index (χ1n) is 7.02. The monoisotopic (exact) mass is 287 g/mol. The number of likely N-dealkylation sites (tertiary alicyclic amines) is 1. The number of aromatic nitrogens is 4. The van der Waals surface area contributed by atoms with E-state index in [9.17, 15) is 4.79 Å². The maximum absolute atomic E-state index is 11.1. The molecule has 0 saturated carbocycles. The summed E-state index contributed by atoms with van der Waals surface area (Å²) in [5.74, 6) is -0.283. The van der Waals surface area contributed by atoms with Gasteiger partial charge in [-0.2, -0.15) is 4.68 Å². The van der Waals surface area contributed by atoms with E-state index in [0.717, 1.165) is 30.9 Å². The van der Waals surface area contributed by atoms with Crippen LogP contribution in [0.4, 0.5) is 0 Å². The number of nitrogens with zero attached hydrogens (tertiary/aromatic N) is 5. The number of tetrazole rings is 1. The highest BCUT2D eigenvalue weighted by Gasteiger charge is 2.26. The van der Waals surface area contributed by atoms with E-state index < -0.39 is 5.97 Å². The topological polar surface area (TPSA) is 84.1 Å². The fourth-order valence-corrected chi connectivity index (χ4v) is 2.67. The Bertz CT molecular complexity index is 613. The van der Waals surface area contributed by atoms with Crippen molar-refractivity contribution in [2.24, 2.45) is 5.92 Å². The van der Waals surface area contributed by atoms with E-state index in [2.05, 4.69) is 20.4 Å². The van der Waals surface area contributed by atoms with Gasteiger partial charge in [-0.05, 0) is 41.9 Å². The van der Waals surface area contributed by atoms with Crippen molar-refractivity contribution >= 4 is 5.97 Å². The molecule has 21 heavy (non-hydrogen) atoms. The lowest BCUT2D eigenvalue weighted by Crippen LogP contribution is -2.38. The molecule has 2 heterocycles. The minimum absolute atomic E-state index is 0.292. The van der Waals surface area contributed by atoms with Gasteiger partial charge in [0.25, 0.3) is 0 Å². The quantitative estimate of drug-likeness (QED) is 0.901. The van der Waals surface area contributed by atoms with Crippen molar-refractivity contribution in [3.05, 3.63) is 36.2 Å². The van der Waals surface area contributed by atoms with Gasteiger partial charge in [0.05, 0.1) is 18.2 Å². The molecule has 0 bridgehead atoms. The van der Waals surface area contributed by atoms with Crippen molar-refractivity contribution in [3.8, 4) is 5.69 Å². The molecule has 1 aliphatic rings. The number of rotatable bonds is 4. The van der Waals surface area contributed by atoms with Crippen molar-refractivity contribution in [1.82, 2.24) is 25.1 Å². The highest BCUT2D eigenvalue weighted by Crippen LogP contribution is 2.18.